The van der Waals surface area contributed by atoms with E-state index in [1.165, 1.54) is 17.2 Å². The monoisotopic (exact) mass is 309 g/mol. The van der Waals surface area contributed by atoms with E-state index in [1.54, 1.807) is 0 Å². The van der Waals surface area contributed by atoms with Gasteiger partial charge in [-0.25, -0.2) is 4.39 Å². The number of hydrogen-bond acceptors (Lipinski definition) is 4. The zero-order valence-electron chi connectivity index (χ0n) is 12.7. The van der Waals surface area contributed by atoms with E-state index in [9.17, 15) is 19.7 Å². The summed E-state index contributed by atoms with van der Waals surface area (Å²) in [5.74, 6) is 0. The van der Waals surface area contributed by atoms with Crippen molar-refractivity contribution in [1.29, 1.82) is 0 Å². The summed E-state index contributed by atoms with van der Waals surface area (Å²) in [4.78, 5) is 0. The van der Waals surface area contributed by atoms with Gasteiger partial charge in [0.2, 0.25) is 0 Å². The molecule has 4 atom stereocenters. The Balaban J connectivity index is 1.91. The molecule has 0 spiro atoms. The lowest BCUT2D eigenvalue weighted by Gasteiger charge is -2.34. The first kappa shape index (κ1) is 17.1. The number of aliphatic hydroxyl groups is 3. The molecule has 1 aromatic carbocycles. The number of alkyl halides is 1. The predicted molar refractivity (Wildman–Crippen MR) is 83.4 cm³/mol. The van der Waals surface area contributed by atoms with Crippen molar-refractivity contribution in [2.24, 2.45) is 0 Å². The summed E-state index contributed by atoms with van der Waals surface area (Å²) in [5, 5.41) is 32.4. The van der Waals surface area contributed by atoms with Gasteiger partial charge in [0.15, 0.2) is 0 Å². The van der Waals surface area contributed by atoms with Gasteiger partial charge in [-0.2, -0.15) is 0 Å². The lowest BCUT2D eigenvalue weighted by atomic mass is 9.88. The van der Waals surface area contributed by atoms with E-state index < -0.39 is 31.0 Å². The van der Waals surface area contributed by atoms with Gasteiger partial charge < -0.3 is 20.6 Å². The van der Waals surface area contributed by atoms with Crippen LogP contribution >= 0.6 is 0 Å². The van der Waals surface area contributed by atoms with Gasteiger partial charge in [-0.05, 0) is 36.1 Å². The molecule has 0 radical (unpaired) electrons. The van der Waals surface area contributed by atoms with Gasteiger partial charge in [0.1, 0.15) is 25.0 Å². The summed E-state index contributed by atoms with van der Waals surface area (Å²) in [7, 11) is 0. The molecule has 4 N–H and O–H groups in total. The molecule has 0 fully saturated rings. The van der Waals surface area contributed by atoms with Crippen LogP contribution in [0.4, 0.5) is 4.39 Å². The Morgan fingerprint density at radius 1 is 1.05 bits per heavy atom. The zero-order valence-corrected chi connectivity index (χ0v) is 12.7. The molecular formula is C17H24FNO3. The van der Waals surface area contributed by atoms with Crippen LogP contribution < -0.4 is 5.32 Å². The minimum absolute atomic E-state index is 0.114. The summed E-state index contributed by atoms with van der Waals surface area (Å²) in [5.41, 5.74) is 2.57. The number of benzene rings is 1. The lowest BCUT2D eigenvalue weighted by molar-refractivity contribution is -0.0628. The molecule has 4 nitrogen and oxygen atoms in total. The topological polar surface area (TPSA) is 72.7 Å². The molecule has 2 rings (SSSR count). The first-order valence-electron chi connectivity index (χ1n) is 7.68. The third-order valence-electron chi connectivity index (χ3n) is 4.19. The molecule has 0 aromatic heterocycles. The Kier molecular flexibility index (Phi) is 6.08. The van der Waals surface area contributed by atoms with Crippen molar-refractivity contribution in [1.82, 2.24) is 5.32 Å². The lowest BCUT2D eigenvalue weighted by Crippen LogP contribution is -2.54. The van der Waals surface area contributed by atoms with Crippen LogP contribution in [0.2, 0.25) is 0 Å². The fourth-order valence-electron chi connectivity index (χ4n) is 2.67. The second-order valence-electron chi connectivity index (χ2n) is 5.70. The number of halogens is 1. The van der Waals surface area contributed by atoms with Gasteiger partial charge in [-0.15, -0.1) is 0 Å². The summed E-state index contributed by atoms with van der Waals surface area (Å²) >= 11 is 0. The number of rotatable bonds is 6. The second kappa shape index (κ2) is 7.83. The molecule has 0 bridgehead atoms. The van der Waals surface area contributed by atoms with Crippen LogP contribution in [0.15, 0.2) is 35.9 Å². The average Bonchev–Trinajstić information content (AvgIpc) is 2.55. The van der Waals surface area contributed by atoms with Crippen LogP contribution in [-0.2, 0) is 12.8 Å². The van der Waals surface area contributed by atoms with E-state index in [0.29, 0.717) is 6.54 Å². The minimum Gasteiger partial charge on any atom is -0.388 e. The molecule has 1 aliphatic rings. The van der Waals surface area contributed by atoms with Gasteiger partial charge in [0.05, 0.1) is 6.04 Å². The third kappa shape index (κ3) is 3.93. The van der Waals surface area contributed by atoms with Crippen molar-refractivity contribution in [3.63, 3.8) is 0 Å². The van der Waals surface area contributed by atoms with E-state index in [2.05, 4.69) is 36.5 Å². The van der Waals surface area contributed by atoms with E-state index in [-0.39, 0.29) is 5.57 Å². The van der Waals surface area contributed by atoms with Crippen molar-refractivity contribution in [2.75, 3.05) is 13.2 Å². The fraction of sp³-hybridized carbons (Fsp3) is 0.529. The smallest absolute Gasteiger partial charge is 0.113 e. The third-order valence-corrected chi connectivity index (χ3v) is 4.19. The molecule has 0 saturated heterocycles. The van der Waals surface area contributed by atoms with E-state index >= 15 is 0 Å². The van der Waals surface area contributed by atoms with Crippen molar-refractivity contribution in [3.05, 3.63) is 47.0 Å². The highest BCUT2D eigenvalue weighted by Crippen LogP contribution is 2.20. The number of nitrogens with one attached hydrogen (secondary N) is 1. The SMILES string of the molecule is CCc1ccc(CCN[C@@H]2C=C(CF)[C@H](O)[C@H](O)[C@H]2O)cc1. The Morgan fingerprint density at radius 3 is 2.27 bits per heavy atom. The molecule has 0 heterocycles. The van der Waals surface area contributed by atoms with Crippen LogP contribution in [0.3, 0.4) is 0 Å². The highest BCUT2D eigenvalue weighted by molar-refractivity contribution is 5.24. The number of aryl methyl sites for hydroxylation is 1. The first-order chi connectivity index (χ1) is 10.6. The largest absolute Gasteiger partial charge is 0.388 e. The standard InChI is InChI=1S/C17H24FNO3/c1-2-11-3-5-12(6-4-11)7-8-19-14-9-13(10-18)15(20)17(22)16(14)21/h3-6,9,14-17,19-22H,2,7-8,10H2,1H3/t14-,15+,16+,17+/m1/s1. The Labute approximate surface area is 130 Å². The highest BCUT2D eigenvalue weighted by Gasteiger charge is 2.36. The molecule has 0 aliphatic heterocycles. The predicted octanol–water partition coefficient (Wildman–Crippen LogP) is 0.742. The van der Waals surface area contributed by atoms with Crippen LogP contribution in [0, 0.1) is 0 Å². The maximum absolute atomic E-state index is 12.8. The summed E-state index contributed by atoms with van der Waals surface area (Å²) in [6, 6.07) is 7.76. The molecule has 5 heteroatoms. The molecule has 22 heavy (non-hydrogen) atoms. The summed E-state index contributed by atoms with van der Waals surface area (Å²) in [6.07, 6.45) is -0.596. The molecule has 0 amide bonds. The highest BCUT2D eigenvalue weighted by atomic mass is 19.1. The Hall–Kier alpha value is -1.27. The first-order valence-corrected chi connectivity index (χ1v) is 7.68. The minimum atomic E-state index is -1.36. The molecule has 0 unspecified atom stereocenters. The van der Waals surface area contributed by atoms with Gasteiger partial charge >= 0.3 is 0 Å². The van der Waals surface area contributed by atoms with E-state index in [1.807, 2.05) is 0 Å². The average molecular weight is 309 g/mol. The van der Waals surface area contributed by atoms with Crippen molar-refractivity contribution >= 4 is 0 Å². The quantitative estimate of drug-likeness (QED) is 0.585. The summed E-state index contributed by atoms with van der Waals surface area (Å²) in [6.45, 7) is 1.86. The van der Waals surface area contributed by atoms with E-state index in [4.69, 9.17) is 0 Å². The summed E-state index contributed by atoms with van der Waals surface area (Å²) < 4.78 is 12.8. The van der Waals surface area contributed by atoms with Gasteiger partial charge in [0.25, 0.3) is 0 Å². The maximum atomic E-state index is 12.8. The van der Waals surface area contributed by atoms with Crippen molar-refractivity contribution in [3.8, 4) is 0 Å². The van der Waals surface area contributed by atoms with Crippen LogP contribution in [0.5, 0.6) is 0 Å². The normalized spacial score (nSPS) is 28.5. The van der Waals surface area contributed by atoms with Gasteiger partial charge in [-0.1, -0.05) is 37.3 Å². The molecule has 1 aliphatic carbocycles. The fourth-order valence-corrected chi connectivity index (χ4v) is 2.67. The van der Waals surface area contributed by atoms with Crippen LogP contribution in [0.1, 0.15) is 18.1 Å². The van der Waals surface area contributed by atoms with Gasteiger partial charge in [-0.3, -0.25) is 0 Å². The number of hydrogen-bond donors (Lipinski definition) is 4. The second-order valence-corrected chi connectivity index (χ2v) is 5.70. The molecular weight excluding hydrogens is 285 g/mol. The number of aliphatic hydroxyl groups excluding tert-OH is 3. The zero-order chi connectivity index (χ0) is 16.1. The maximum Gasteiger partial charge on any atom is 0.113 e. The Bertz CT molecular complexity index is 503. The molecule has 122 valence electrons. The van der Waals surface area contributed by atoms with Crippen molar-refractivity contribution in [2.45, 2.75) is 44.1 Å². The van der Waals surface area contributed by atoms with Gasteiger partial charge in [0, 0.05) is 0 Å². The van der Waals surface area contributed by atoms with Crippen molar-refractivity contribution < 1.29 is 19.7 Å². The van der Waals surface area contributed by atoms with E-state index in [0.717, 1.165) is 12.8 Å². The molecule has 1 aromatic rings. The van der Waals surface area contributed by atoms with Crippen LogP contribution in [0.25, 0.3) is 0 Å². The molecule has 0 saturated carbocycles. The Morgan fingerprint density at radius 2 is 1.68 bits per heavy atom. The van der Waals surface area contributed by atoms with Crippen LogP contribution in [-0.4, -0.2) is 52.9 Å².